The van der Waals surface area contributed by atoms with E-state index in [4.69, 9.17) is 10.2 Å². The van der Waals surface area contributed by atoms with Crippen LogP contribution in [-0.2, 0) is 9.59 Å². The van der Waals surface area contributed by atoms with Crippen LogP contribution in [0.5, 0.6) is 0 Å². The van der Waals surface area contributed by atoms with Crippen molar-refractivity contribution in [1.29, 1.82) is 0 Å². The number of carboxylic acids is 1. The fourth-order valence-corrected chi connectivity index (χ4v) is 2.68. The Bertz CT molecular complexity index is 414. The van der Waals surface area contributed by atoms with E-state index in [2.05, 4.69) is 5.32 Å². The Labute approximate surface area is 116 Å². The van der Waals surface area contributed by atoms with Gasteiger partial charge in [-0.15, -0.1) is 0 Å². The number of aliphatic hydroxyl groups is 1. The molecule has 2 atom stereocenters. The van der Waals surface area contributed by atoms with Gasteiger partial charge < -0.3 is 25.3 Å². The number of piperazine rings is 1. The number of hydrogen-bond acceptors (Lipinski definition) is 4. The third kappa shape index (κ3) is 3.01. The Morgan fingerprint density at radius 2 is 2.15 bits per heavy atom. The first-order chi connectivity index (χ1) is 9.52. The van der Waals surface area contributed by atoms with Gasteiger partial charge in [-0.25, -0.2) is 9.59 Å². The predicted octanol–water partition coefficient (Wildman–Crippen LogP) is -1.16. The minimum Gasteiger partial charge on any atom is -0.480 e. The van der Waals surface area contributed by atoms with Crippen molar-refractivity contribution in [1.82, 2.24) is 15.1 Å². The maximum absolute atomic E-state index is 12.0. The van der Waals surface area contributed by atoms with E-state index in [1.807, 2.05) is 0 Å². The first-order valence-electron chi connectivity index (χ1n) is 6.71. The van der Waals surface area contributed by atoms with Crippen molar-refractivity contribution in [3.05, 3.63) is 0 Å². The molecule has 2 saturated heterocycles. The number of aliphatic hydroxyl groups excluding tert-OH is 1. The molecule has 0 bridgehead atoms. The molecular weight excluding hydrogens is 266 g/mol. The third-order valence-electron chi connectivity index (χ3n) is 3.80. The fraction of sp³-hybridized carbons (Fsp3) is 0.750. The summed E-state index contributed by atoms with van der Waals surface area (Å²) in [4.78, 5) is 37.8. The summed E-state index contributed by atoms with van der Waals surface area (Å²) in [5, 5.41) is 20.1. The lowest BCUT2D eigenvalue weighted by molar-refractivity contribution is -0.139. The molecule has 0 spiro atoms. The molecule has 20 heavy (non-hydrogen) atoms. The SMILES string of the molecule is O=C(O)C(CCO)NC(=O)N1CCN2C(=O)CCC2C1. The topological polar surface area (TPSA) is 110 Å². The Balaban J connectivity index is 1.90. The lowest BCUT2D eigenvalue weighted by Crippen LogP contribution is -2.57. The molecule has 0 aromatic rings. The molecule has 0 aliphatic carbocycles. The van der Waals surface area contributed by atoms with Crippen molar-refractivity contribution < 1.29 is 24.6 Å². The first kappa shape index (κ1) is 14.6. The number of nitrogens with one attached hydrogen (secondary N) is 1. The molecule has 2 unspecified atom stereocenters. The highest BCUT2D eigenvalue weighted by Crippen LogP contribution is 2.22. The van der Waals surface area contributed by atoms with Crippen molar-refractivity contribution in [2.24, 2.45) is 0 Å². The summed E-state index contributed by atoms with van der Waals surface area (Å²) in [6, 6.07) is -1.50. The Hall–Kier alpha value is -1.83. The molecule has 0 saturated carbocycles. The summed E-state index contributed by atoms with van der Waals surface area (Å²) >= 11 is 0. The van der Waals surface area contributed by atoms with Crippen LogP contribution in [0.25, 0.3) is 0 Å². The lowest BCUT2D eigenvalue weighted by atomic mass is 10.1. The Kier molecular flexibility index (Phi) is 4.43. The van der Waals surface area contributed by atoms with Gasteiger partial charge in [0.25, 0.3) is 0 Å². The van der Waals surface area contributed by atoms with Gasteiger partial charge in [-0.3, -0.25) is 4.79 Å². The molecule has 112 valence electrons. The molecular formula is C12H19N3O5. The number of aliphatic carboxylic acids is 1. The quantitative estimate of drug-likeness (QED) is 0.603. The zero-order valence-corrected chi connectivity index (χ0v) is 11.1. The van der Waals surface area contributed by atoms with Crippen LogP contribution >= 0.6 is 0 Å². The van der Waals surface area contributed by atoms with E-state index in [0.29, 0.717) is 26.1 Å². The monoisotopic (exact) mass is 285 g/mol. The number of fused-ring (bicyclic) bond motifs is 1. The van der Waals surface area contributed by atoms with Crippen LogP contribution in [0.4, 0.5) is 4.79 Å². The number of amides is 3. The number of hydrogen-bond donors (Lipinski definition) is 3. The van der Waals surface area contributed by atoms with E-state index in [-0.39, 0.29) is 25.0 Å². The molecule has 2 fully saturated rings. The zero-order valence-electron chi connectivity index (χ0n) is 11.1. The highest BCUT2D eigenvalue weighted by molar-refractivity contribution is 5.83. The molecule has 0 aromatic heterocycles. The maximum atomic E-state index is 12.0. The minimum atomic E-state index is -1.16. The fourth-order valence-electron chi connectivity index (χ4n) is 2.68. The second kappa shape index (κ2) is 6.08. The minimum absolute atomic E-state index is 0.0248. The molecule has 3 N–H and O–H groups in total. The summed E-state index contributed by atoms with van der Waals surface area (Å²) in [5.74, 6) is -1.04. The van der Waals surface area contributed by atoms with Crippen molar-refractivity contribution in [2.75, 3.05) is 26.2 Å². The van der Waals surface area contributed by atoms with Gasteiger partial charge in [0, 0.05) is 45.1 Å². The van der Waals surface area contributed by atoms with Crippen molar-refractivity contribution >= 4 is 17.9 Å². The standard InChI is InChI=1S/C12H19N3O5/c16-6-3-9(11(18)19)13-12(20)14-4-5-15-8(7-14)1-2-10(15)17/h8-9,16H,1-7H2,(H,13,20)(H,18,19). The van der Waals surface area contributed by atoms with Gasteiger partial charge in [0.1, 0.15) is 6.04 Å². The lowest BCUT2D eigenvalue weighted by Gasteiger charge is -2.37. The predicted molar refractivity (Wildman–Crippen MR) is 68.0 cm³/mol. The van der Waals surface area contributed by atoms with Crippen LogP contribution in [0.1, 0.15) is 19.3 Å². The van der Waals surface area contributed by atoms with Gasteiger partial charge in [-0.05, 0) is 6.42 Å². The summed E-state index contributed by atoms with van der Waals surface area (Å²) in [6.07, 6.45) is 1.23. The maximum Gasteiger partial charge on any atom is 0.326 e. The van der Waals surface area contributed by atoms with Crippen molar-refractivity contribution in [3.63, 3.8) is 0 Å². The van der Waals surface area contributed by atoms with Crippen LogP contribution in [0, 0.1) is 0 Å². The van der Waals surface area contributed by atoms with Crippen LogP contribution in [0.2, 0.25) is 0 Å². The molecule has 2 heterocycles. The molecule has 0 aromatic carbocycles. The van der Waals surface area contributed by atoms with E-state index < -0.39 is 18.0 Å². The second-order valence-corrected chi connectivity index (χ2v) is 5.08. The van der Waals surface area contributed by atoms with Crippen molar-refractivity contribution in [3.8, 4) is 0 Å². The summed E-state index contributed by atoms with van der Waals surface area (Å²) in [5.41, 5.74) is 0. The average molecular weight is 285 g/mol. The van der Waals surface area contributed by atoms with E-state index in [9.17, 15) is 14.4 Å². The number of carbonyl (C=O) groups excluding carboxylic acids is 2. The van der Waals surface area contributed by atoms with Crippen LogP contribution in [0.3, 0.4) is 0 Å². The van der Waals surface area contributed by atoms with Gasteiger partial charge >= 0.3 is 12.0 Å². The van der Waals surface area contributed by atoms with Gasteiger partial charge in [0.15, 0.2) is 0 Å². The van der Waals surface area contributed by atoms with E-state index in [1.54, 1.807) is 4.90 Å². The number of carbonyl (C=O) groups is 3. The molecule has 8 nitrogen and oxygen atoms in total. The Morgan fingerprint density at radius 1 is 1.40 bits per heavy atom. The molecule has 2 aliphatic rings. The van der Waals surface area contributed by atoms with Crippen LogP contribution in [0.15, 0.2) is 0 Å². The molecule has 2 aliphatic heterocycles. The van der Waals surface area contributed by atoms with E-state index >= 15 is 0 Å². The first-order valence-corrected chi connectivity index (χ1v) is 6.71. The molecule has 8 heteroatoms. The summed E-state index contributed by atoms with van der Waals surface area (Å²) < 4.78 is 0. The Morgan fingerprint density at radius 3 is 2.80 bits per heavy atom. The summed E-state index contributed by atoms with van der Waals surface area (Å²) in [6.45, 7) is 1.03. The van der Waals surface area contributed by atoms with Gasteiger partial charge in [0.2, 0.25) is 5.91 Å². The summed E-state index contributed by atoms with van der Waals surface area (Å²) in [7, 11) is 0. The highest BCUT2D eigenvalue weighted by atomic mass is 16.4. The van der Waals surface area contributed by atoms with Gasteiger partial charge in [-0.1, -0.05) is 0 Å². The highest BCUT2D eigenvalue weighted by Gasteiger charge is 2.37. The zero-order chi connectivity index (χ0) is 14.7. The van der Waals surface area contributed by atoms with Crippen LogP contribution < -0.4 is 5.32 Å². The number of carboxylic acid groups (broad SMARTS) is 1. The van der Waals surface area contributed by atoms with Crippen LogP contribution in [-0.4, -0.2) is 76.2 Å². The number of nitrogens with zero attached hydrogens (tertiary/aromatic N) is 2. The van der Waals surface area contributed by atoms with Crippen molar-refractivity contribution in [2.45, 2.75) is 31.3 Å². The van der Waals surface area contributed by atoms with Gasteiger partial charge in [-0.2, -0.15) is 0 Å². The molecule has 0 radical (unpaired) electrons. The normalized spacial score (nSPS) is 23.4. The largest absolute Gasteiger partial charge is 0.480 e. The third-order valence-corrected chi connectivity index (χ3v) is 3.80. The second-order valence-electron chi connectivity index (χ2n) is 5.08. The molecule has 3 amide bonds. The smallest absolute Gasteiger partial charge is 0.326 e. The number of rotatable bonds is 4. The van der Waals surface area contributed by atoms with E-state index in [1.165, 1.54) is 4.90 Å². The molecule has 2 rings (SSSR count). The average Bonchev–Trinajstić information content (AvgIpc) is 2.79. The number of urea groups is 1. The van der Waals surface area contributed by atoms with E-state index in [0.717, 1.165) is 6.42 Å². The van der Waals surface area contributed by atoms with Gasteiger partial charge in [0.05, 0.1) is 0 Å².